The van der Waals surface area contributed by atoms with Crippen LogP contribution in [0.1, 0.15) is 5.69 Å². The Labute approximate surface area is 152 Å². The molecule has 7 heteroatoms. The second-order valence-corrected chi connectivity index (χ2v) is 7.38. The summed E-state index contributed by atoms with van der Waals surface area (Å²) in [5.74, 6) is 2.35. The molecule has 2 aromatic carbocycles. The Hall–Kier alpha value is -2.51. The highest BCUT2D eigenvalue weighted by atomic mass is 32.2. The van der Waals surface area contributed by atoms with Crippen LogP contribution in [-0.4, -0.2) is 21.7 Å². The van der Waals surface area contributed by atoms with Crippen molar-refractivity contribution >= 4 is 34.1 Å². The average molecular weight is 367 g/mol. The number of aromatic nitrogens is 3. The molecular formula is C18H13N3O2S2. The molecule has 124 valence electrons. The van der Waals surface area contributed by atoms with Gasteiger partial charge in [0.05, 0.1) is 16.7 Å². The van der Waals surface area contributed by atoms with Crippen LogP contribution in [0.3, 0.4) is 0 Å². The lowest BCUT2D eigenvalue weighted by atomic mass is 10.2. The molecule has 0 aliphatic carbocycles. The molecule has 1 aliphatic rings. The van der Waals surface area contributed by atoms with Gasteiger partial charge in [0.1, 0.15) is 5.01 Å². The zero-order chi connectivity index (χ0) is 16.6. The highest BCUT2D eigenvalue weighted by Gasteiger charge is 2.15. The molecule has 0 amide bonds. The fourth-order valence-corrected chi connectivity index (χ4v) is 4.38. The van der Waals surface area contributed by atoms with Gasteiger partial charge < -0.3 is 14.5 Å². The minimum atomic E-state index is 0.288. The van der Waals surface area contributed by atoms with E-state index < -0.39 is 0 Å². The molecule has 0 spiro atoms. The lowest BCUT2D eigenvalue weighted by Gasteiger charge is -1.99. The summed E-state index contributed by atoms with van der Waals surface area (Å²) < 4.78 is 10.8. The van der Waals surface area contributed by atoms with Crippen molar-refractivity contribution in [2.75, 3.05) is 6.79 Å². The Morgan fingerprint density at radius 2 is 2.00 bits per heavy atom. The Kier molecular flexibility index (Phi) is 3.61. The van der Waals surface area contributed by atoms with Crippen molar-refractivity contribution in [1.82, 2.24) is 15.0 Å². The topological polar surface area (TPSA) is 60.0 Å². The molecule has 3 heterocycles. The van der Waals surface area contributed by atoms with Crippen molar-refractivity contribution in [3.8, 4) is 22.1 Å². The van der Waals surface area contributed by atoms with Crippen molar-refractivity contribution in [2.45, 2.75) is 10.9 Å². The molecule has 1 N–H and O–H groups in total. The lowest BCUT2D eigenvalue weighted by Crippen LogP contribution is -1.92. The molecule has 5 rings (SSSR count). The Morgan fingerprint density at radius 3 is 2.96 bits per heavy atom. The number of nitrogens with zero attached hydrogens (tertiary/aromatic N) is 2. The molecule has 0 atom stereocenters. The third-order valence-corrected chi connectivity index (χ3v) is 5.74. The number of aromatic amines is 1. The number of H-pyrrole nitrogens is 1. The van der Waals surface area contributed by atoms with Crippen molar-refractivity contribution in [1.29, 1.82) is 0 Å². The van der Waals surface area contributed by atoms with E-state index in [9.17, 15) is 0 Å². The smallest absolute Gasteiger partial charge is 0.231 e. The molecular weight excluding hydrogens is 354 g/mol. The minimum absolute atomic E-state index is 0.288. The van der Waals surface area contributed by atoms with Crippen LogP contribution < -0.4 is 9.47 Å². The molecule has 5 nitrogen and oxygen atoms in total. The molecule has 0 saturated carbocycles. The van der Waals surface area contributed by atoms with Gasteiger partial charge in [0.15, 0.2) is 16.7 Å². The number of benzene rings is 2. The van der Waals surface area contributed by atoms with E-state index in [1.165, 1.54) is 0 Å². The fraction of sp³-hybridized carbons (Fsp3) is 0.111. The molecule has 4 aromatic rings. The number of hydrogen-bond acceptors (Lipinski definition) is 6. The Balaban J connectivity index is 1.32. The number of rotatable bonds is 4. The normalized spacial score (nSPS) is 12.8. The van der Waals surface area contributed by atoms with Gasteiger partial charge >= 0.3 is 0 Å². The van der Waals surface area contributed by atoms with E-state index in [1.54, 1.807) is 23.1 Å². The summed E-state index contributed by atoms with van der Waals surface area (Å²) in [5, 5.41) is 3.99. The summed E-state index contributed by atoms with van der Waals surface area (Å²) in [5.41, 5.74) is 4.14. The summed E-state index contributed by atoms with van der Waals surface area (Å²) in [7, 11) is 0. The summed E-state index contributed by atoms with van der Waals surface area (Å²) in [6.45, 7) is 0.288. The van der Waals surface area contributed by atoms with Gasteiger partial charge in [0.25, 0.3) is 0 Å². The fourth-order valence-electron chi connectivity index (χ4n) is 2.68. The van der Waals surface area contributed by atoms with E-state index in [-0.39, 0.29) is 6.79 Å². The number of nitrogens with one attached hydrogen (secondary N) is 1. The molecule has 0 radical (unpaired) electrons. The first-order chi connectivity index (χ1) is 12.3. The van der Waals surface area contributed by atoms with Gasteiger partial charge in [-0.2, -0.15) is 0 Å². The molecule has 0 fully saturated rings. The van der Waals surface area contributed by atoms with Gasteiger partial charge in [-0.1, -0.05) is 23.9 Å². The maximum Gasteiger partial charge on any atom is 0.231 e. The van der Waals surface area contributed by atoms with Crippen molar-refractivity contribution < 1.29 is 9.47 Å². The van der Waals surface area contributed by atoms with Crippen LogP contribution in [0.15, 0.2) is 53.0 Å². The van der Waals surface area contributed by atoms with Crippen molar-refractivity contribution in [3.63, 3.8) is 0 Å². The third kappa shape index (κ3) is 2.85. The van der Waals surface area contributed by atoms with E-state index in [2.05, 4.69) is 15.3 Å². The van der Waals surface area contributed by atoms with Crippen LogP contribution in [-0.2, 0) is 5.75 Å². The summed E-state index contributed by atoms with van der Waals surface area (Å²) in [6, 6.07) is 14.0. The number of hydrogen-bond donors (Lipinski definition) is 1. The molecule has 0 saturated heterocycles. The van der Waals surface area contributed by atoms with Crippen molar-refractivity contribution in [3.05, 3.63) is 53.5 Å². The first kappa shape index (κ1) is 14.8. The van der Waals surface area contributed by atoms with Gasteiger partial charge in [-0.15, -0.1) is 11.3 Å². The molecule has 0 bridgehead atoms. The van der Waals surface area contributed by atoms with E-state index in [0.29, 0.717) is 0 Å². The molecule has 0 unspecified atom stereocenters. The van der Waals surface area contributed by atoms with E-state index in [1.807, 2.05) is 42.5 Å². The van der Waals surface area contributed by atoms with Crippen LogP contribution in [0.5, 0.6) is 11.5 Å². The van der Waals surface area contributed by atoms with Gasteiger partial charge in [-0.05, 0) is 30.3 Å². The van der Waals surface area contributed by atoms with Crippen LogP contribution in [0.25, 0.3) is 21.6 Å². The predicted molar refractivity (Wildman–Crippen MR) is 99.3 cm³/mol. The zero-order valence-electron chi connectivity index (χ0n) is 13.1. The van der Waals surface area contributed by atoms with Crippen LogP contribution in [0.2, 0.25) is 0 Å². The van der Waals surface area contributed by atoms with Crippen LogP contribution in [0, 0.1) is 0 Å². The molecule has 25 heavy (non-hydrogen) atoms. The van der Waals surface area contributed by atoms with E-state index in [0.717, 1.165) is 49.7 Å². The quantitative estimate of drug-likeness (QED) is 0.530. The summed E-state index contributed by atoms with van der Waals surface area (Å²) >= 11 is 3.30. The highest BCUT2D eigenvalue weighted by Crippen LogP contribution is 2.37. The first-order valence-electron chi connectivity index (χ1n) is 7.77. The summed E-state index contributed by atoms with van der Waals surface area (Å²) in [4.78, 5) is 12.6. The second kappa shape index (κ2) is 6.09. The number of thioether (sulfide) groups is 1. The van der Waals surface area contributed by atoms with Crippen LogP contribution >= 0.6 is 23.1 Å². The maximum absolute atomic E-state index is 5.44. The number of imidazole rings is 1. The average Bonchev–Trinajstić information content (AvgIpc) is 3.37. The number of fused-ring (bicyclic) bond motifs is 2. The monoisotopic (exact) mass is 367 g/mol. The third-order valence-electron chi connectivity index (χ3n) is 3.90. The van der Waals surface area contributed by atoms with Gasteiger partial charge in [0, 0.05) is 16.7 Å². The lowest BCUT2D eigenvalue weighted by molar-refractivity contribution is 0.174. The maximum atomic E-state index is 5.44. The predicted octanol–water partition coefficient (Wildman–Crippen LogP) is 4.71. The Bertz CT molecular complexity index is 1020. The largest absolute Gasteiger partial charge is 0.454 e. The highest BCUT2D eigenvalue weighted by molar-refractivity contribution is 7.98. The second-order valence-electron chi connectivity index (χ2n) is 5.56. The van der Waals surface area contributed by atoms with Gasteiger partial charge in [0.2, 0.25) is 6.79 Å². The molecule has 1 aliphatic heterocycles. The first-order valence-corrected chi connectivity index (χ1v) is 9.64. The Morgan fingerprint density at radius 1 is 1.08 bits per heavy atom. The molecule has 2 aromatic heterocycles. The van der Waals surface area contributed by atoms with Crippen LogP contribution in [0.4, 0.5) is 0 Å². The van der Waals surface area contributed by atoms with Gasteiger partial charge in [-0.25, -0.2) is 9.97 Å². The van der Waals surface area contributed by atoms with E-state index in [4.69, 9.17) is 14.5 Å². The minimum Gasteiger partial charge on any atom is -0.454 e. The van der Waals surface area contributed by atoms with Gasteiger partial charge in [-0.3, -0.25) is 0 Å². The summed E-state index contributed by atoms with van der Waals surface area (Å²) in [6.07, 6.45) is 0. The SMILES string of the molecule is c1ccc2[nH]c(SCc3csc(-c4ccc5c(c4)OCO5)n3)nc2c1. The standard InChI is InChI=1S/C18H13N3O2S2/c1-2-4-14-13(3-1)20-18(21-14)25-9-12-8-24-17(19-12)11-5-6-15-16(7-11)23-10-22-15/h1-8H,9-10H2,(H,20,21). The number of ether oxygens (including phenoxy) is 2. The van der Waals surface area contributed by atoms with E-state index >= 15 is 0 Å². The number of para-hydroxylation sites is 2. The number of thiazole rings is 1. The van der Waals surface area contributed by atoms with Crippen molar-refractivity contribution in [2.24, 2.45) is 0 Å². The zero-order valence-corrected chi connectivity index (χ0v) is 14.7.